The molecule has 0 aliphatic carbocycles. The number of morpholine rings is 1. The zero-order valence-electron chi connectivity index (χ0n) is 11.5. The number of nitrogens with zero attached hydrogens (tertiary/aromatic N) is 2. The quantitative estimate of drug-likeness (QED) is 0.883. The average molecular weight is 280 g/mol. The van der Waals surface area contributed by atoms with Gasteiger partial charge in [-0.3, -0.25) is 9.80 Å². The van der Waals surface area contributed by atoms with E-state index in [1.807, 2.05) is 0 Å². The van der Waals surface area contributed by atoms with Gasteiger partial charge in [-0.1, -0.05) is 0 Å². The van der Waals surface area contributed by atoms with Crippen LogP contribution in [0.1, 0.15) is 22.7 Å². The lowest BCUT2D eigenvalue weighted by Crippen LogP contribution is -2.44. The van der Waals surface area contributed by atoms with Crippen LogP contribution in [0.3, 0.4) is 0 Å². The van der Waals surface area contributed by atoms with Gasteiger partial charge in [0.1, 0.15) is 5.76 Å². The Morgan fingerprint density at radius 1 is 1.30 bits per heavy atom. The molecule has 1 atom stereocenters. The van der Waals surface area contributed by atoms with E-state index in [4.69, 9.17) is 14.3 Å². The number of furan rings is 1. The summed E-state index contributed by atoms with van der Waals surface area (Å²) >= 11 is 0. The van der Waals surface area contributed by atoms with Crippen LogP contribution in [0.2, 0.25) is 0 Å². The van der Waals surface area contributed by atoms with Crippen LogP contribution < -0.4 is 0 Å². The summed E-state index contributed by atoms with van der Waals surface area (Å²) in [6, 6.07) is 3.87. The van der Waals surface area contributed by atoms with Crippen molar-refractivity contribution in [2.45, 2.75) is 19.0 Å². The zero-order chi connectivity index (χ0) is 13.9. The van der Waals surface area contributed by atoms with E-state index in [0.29, 0.717) is 12.6 Å². The van der Waals surface area contributed by atoms with E-state index in [1.54, 1.807) is 6.07 Å². The lowest BCUT2D eigenvalue weighted by Gasteiger charge is -2.32. The largest absolute Gasteiger partial charge is 0.475 e. The Morgan fingerprint density at radius 2 is 2.10 bits per heavy atom. The van der Waals surface area contributed by atoms with Crippen LogP contribution in [-0.4, -0.2) is 66.3 Å². The molecule has 1 aromatic rings. The molecular weight excluding hydrogens is 260 g/mol. The molecule has 20 heavy (non-hydrogen) atoms. The molecule has 2 aliphatic rings. The molecule has 0 aromatic carbocycles. The highest BCUT2D eigenvalue weighted by atomic mass is 16.5. The molecule has 6 heteroatoms. The van der Waals surface area contributed by atoms with Crippen LogP contribution in [0.15, 0.2) is 16.5 Å². The first-order valence-electron chi connectivity index (χ1n) is 7.08. The summed E-state index contributed by atoms with van der Waals surface area (Å²) in [5.41, 5.74) is 0. The van der Waals surface area contributed by atoms with E-state index in [2.05, 4.69) is 9.80 Å². The molecule has 2 aliphatic heterocycles. The van der Waals surface area contributed by atoms with Crippen molar-refractivity contribution in [1.82, 2.24) is 9.80 Å². The van der Waals surface area contributed by atoms with Gasteiger partial charge in [0.05, 0.1) is 19.8 Å². The first-order valence-corrected chi connectivity index (χ1v) is 7.08. The van der Waals surface area contributed by atoms with Gasteiger partial charge in [-0.05, 0) is 18.6 Å². The third-order valence-electron chi connectivity index (χ3n) is 4.06. The number of hydrogen-bond acceptors (Lipinski definition) is 5. The predicted molar refractivity (Wildman–Crippen MR) is 71.7 cm³/mol. The van der Waals surface area contributed by atoms with Gasteiger partial charge in [-0.2, -0.15) is 0 Å². The number of hydrogen-bond donors (Lipinski definition) is 1. The van der Waals surface area contributed by atoms with Gasteiger partial charge in [-0.15, -0.1) is 0 Å². The van der Waals surface area contributed by atoms with Crippen molar-refractivity contribution in [3.63, 3.8) is 0 Å². The Hall–Kier alpha value is -1.37. The molecule has 3 heterocycles. The van der Waals surface area contributed by atoms with E-state index in [1.165, 1.54) is 6.07 Å². The summed E-state index contributed by atoms with van der Waals surface area (Å²) in [4.78, 5) is 15.6. The third-order valence-corrected chi connectivity index (χ3v) is 4.06. The molecule has 0 radical (unpaired) electrons. The normalized spacial score (nSPS) is 25.1. The van der Waals surface area contributed by atoms with Crippen molar-refractivity contribution in [1.29, 1.82) is 0 Å². The van der Waals surface area contributed by atoms with E-state index in [-0.39, 0.29) is 5.76 Å². The molecule has 1 N–H and O–H groups in total. The number of carbonyl (C=O) groups is 1. The van der Waals surface area contributed by atoms with Crippen LogP contribution in [0.25, 0.3) is 0 Å². The van der Waals surface area contributed by atoms with Gasteiger partial charge in [0.25, 0.3) is 0 Å². The standard InChI is InChI=1S/C14H20N2O4/c17-14(18)13-2-1-12(20-13)10-15-4-3-11(9-15)16-5-7-19-8-6-16/h1-2,11H,3-10H2,(H,17,18). The molecule has 0 bridgehead atoms. The van der Waals surface area contributed by atoms with Gasteiger partial charge in [0.15, 0.2) is 0 Å². The van der Waals surface area contributed by atoms with Crippen LogP contribution in [-0.2, 0) is 11.3 Å². The Bertz CT molecular complexity index is 467. The number of carboxylic acid groups (broad SMARTS) is 1. The number of ether oxygens (including phenoxy) is 1. The Kier molecular flexibility index (Phi) is 4.05. The molecule has 6 nitrogen and oxygen atoms in total. The fraction of sp³-hybridized carbons (Fsp3) is 0.643. The molecule has 2 saturated heterocycles. The Morgan fingerprint density at radius 3 is 2.80 bits per heavy atom. The van der Waals surface area contributed by atoms with E-state index in [0.717, 1.165) is 51.6 Å². The van der Waals surface area contributed by atoms with Gasteiger partial charge < -0.3 is 14.3 Å². The second kappa shape index (κ2) is 5.95. The van der Waals surface area contributed by atoms with E-state index >= 15 is 0 Å². The first kappa shape index (κ1) is 13.6. The minimum absolute atomic E-state index is 0.0175. The molecule has 2 fully saturated rings. The molecule has 0 amide bonds. The highest BCUT2D eigenvalue weighted by Gasteiger charge is 2.29. The van der Waals surface area contributed by atoms with Crippen molar-refractivity contribution in [2.24, 2.45) is 0 Å². The van der Waals surface area contributed by atoms with Gasteiger partial charge >= 0.3 is 5.97 Å². The van der Waals surface area contributed by atoms with Crippen molar-refractivity contribution in [2.75, 3.05) is 39.4 Å². The van der Waals surface area contributed by atoms with Crippen LogP contribution in [0, 0.1) is 0 Å². The second-order valence-corrected chi connectivity index (χ2v) is 5.40. The minimum atomic E-state index is -1.01. The van der Waals surface area contributed by atoms with Gasteiger partial charge in [0.2, 0.25) is 5.76 Å². The molecule has 1 unspecified atom stereocenters. The number of likely N-dealkylation sites (tertiary alicyclic amines) is 1. The monoisotopic (exact) mass is 280 g/mol. The Labute approximate surface area is 117 Å². The topological polar surface area (TPSA) is 66.2 Å². The summed E-state index contributed by atoms with van der Waals surface area (Å²) in [7, 11) is 0. The van der Waals surface area contributed by atoms with Crippen molar-refractivity contribution >= 4 is 5.97 Å². The van der Waals surface area contributed by atoms with Crippen LogP contribution in [0.5, 0.6) is 0 Å². The highest BCUT2D eigenvalue weighted by molar-refractivity contribution is 5.84. The van der Waals surface area contributed by atoms with Crippen molar-refractivity contribution in [3.05, 3.63) is 23.7 Å². The summed E-state index contributed by atoms with van der Waals surface area (Å²) in [6.45, 7) is 6.43. The maximum Gasteiger partial charge on any atom is 0.371 e. The summed E-state index contributed by atoms with van der Waals surface area (Å²) in [5.74, 6) is -0.266. The van der Waals surface area contributed by atoms with Gasteiger partial charge in [-0.25, -0.2) is 4.79 Å². The number of carboxylic acids is 1. The maximum absolute atomic E-state index is 10.8. The minimum Gasteiger partial charge on any atom is -0.475 e. The smallest absolute Gasteiger partial charge is 0.371 e. The molecule has 110 valence electrons. The van der Waals surface area contributed by atoms with Crippen LogP contribution >= 0.6 is 0 Å². The Balaban J connectivity index is 1.52. The summed E-state index contributed by atoms with van der Waals surface area (Å²) in [5, 5.41) is 8.85. The molecule has 0 saturated carbocycles. The SMILES string of the molecule is O=C(O)c1ccc(CN2CCC(N3CCOCC3)C2)o1. The number of aromatic carboxylic acids is 1. The average Bonchev–Trinajstić information content (AvgIpc) is 3.10. The van der Waals surface area contributed by atoms with Crippen molar-refractivity contribution in [3.8, 4) is 0 Å². The third kappa shape index (κ3) is 3.03. The number of rotatable bonds is 4. The lowest BCUT2D eigenvalue weighted by molar-refractivity contribution is 0.0182. The van der Waals surface area contributed by atoms with E-state index in [9.17, 15) is 4.79 Å². The maximum atomic E-state index is 10.8. The van der Waals surface area contributed by atoms with Crippen molar-refractivity contribution < 1.29 is 19.1 Å². The molecular formula is C14H20N2O4. The fourth-order valence-electron chi connectivity index (χ4n) is 2.99. The lowest BCUT2D eigenvalue weighted by atomic mass is 10.2. The summed E-state index contributed by atoms with van der Waals surface area (Å²) < 4.78 is 10.7. The molecule has 3 rings (SSSR count). The second-order valence-electron chi connectivity index (χ2n) is 5.40. The van der Waals surface area contributed by atoms with Crippen LogP contribution in [0.4, 0.5) is 0 Å². The zero-order valence-corrected chi connectivity index (χ0v) is 11.5. The highest BCUT2D eigenvalue weighted by Crippen LogP contribution is 2.20. The predicted octanol–water partition coefficient (Wildman–Crippen LogP) is 0.884. The fourth-order valence-corrected chi connectivity index (χ4v) is 2.99. The molecule has 1 aromatic heterocycles. The summed E-state index contributed by atoms with van der Waals surface area (Å²) in [6.07, 6.45) is 1.16. The van der Waals surface area contributed by atoms with E-state index < -0.39 is 5.97 Å². The molecule has 0 spiro atoms. The first-order chi connectivity index (χ1) is 9.72. The van der Waals surface area contributed by atoms with Gasteiger partial charge in [0, 0.05) is 32.2 Å².